The van der Waals surface area contributed by atoms with Gasteiger partial charge in [-0.3, -0.25) is 9.59 Å². The lowest BCUT2D eigenvalue weighted by molar-refractivity contribution is -0.116. The van der Waals surface area contributed by atoms with Crippen LogP contribution in [0.15, 0.2) is 18.2 Å². The van der Waals surface area contributed by atoms with Crippen LogP contribution in [-0.4, -0.2) is 50.9 Å². The SMILES string of the molecule is CN(CC(=O)Nc1cccc2c1OCCC2=O)S(C)(=O)=O. The smallest absolute Gasteiger partial charge is 0.239 e. The lowest BCUT2D eigenvalue weighted by Gasteiger charge is -2.20. The molecular formula is C13H16N2O5S. The van der Waals surface area contributed by atoms with Gasteiger partial charge in [0, 0.05) is 13.5 Å². The van der Waals surface area contributed by atoms with E-state index >= 15 is 0 Å². The number of carbonyl (C=O) groups excluding carboxylic acids is 2. The summed E-state index contributed by atoms with van der Waals surface area (Å²) in [5.74, 6) is -0.206. The third-order valence-electron chi connectivity index (χ3n) is 3.10. The molecule has 0 bridgehead atoms. The summed E-state index contributed by atoms with van der Waals surface area (Å²) in [7, 11) is -2.11. The van der Waals surface area contributed by atoms with Gasteiger partial charge in [0.15, 0.2) is 11.5 Å². The van der Waals surface area contributed by atoms with Crippen molar-refractivity contribution in [2.24, 2.45) is 0 Å². The molecule has 1 aromatic carbocycles. The zero-order valence-electron chi connectivity index (χ0n) is 11.8. The standard InChI is InChI=1S/C13H16N2O5S/c1-15(21(2,18)19)8-12(17)14-10-5-3-4-9-11(16)6-7-20-13(9)10/h3-5H,6-8H2,1-2H3,(H,14,17). The molecule has 1 heterocycles. The summed E-state index contributed by atoms with van der Waals surface area (Å²) < 4.78 is 28.9. The number of carbonyl (C=O) groups is 2. The van der Waals surface area contributed by atoms with E-state index < -0.39 is 15.9 Å². The summed E-state index contributed by atoms with van der Waals surface area (Å²) in [6.07, 6.45) is 1.33. The van der Waals surface area contributed by atoms with Crippen molar-refractivity contribution < 1.29 is 22.7 Å². The Bertz CT molecular complexity index is 684. The molecule has 2 rings (SSSR count). The van der Waals surface area contributed by atoms with Crippen LogP contribution in [0.3, 0.4) is 0 Å². The van der Waals surface area contributed by atoms with Gasteiger partial charge in [0.05, 0.1) is 30.7 Å². The number of anilines is 1. The van der Waals surface area contributed by atoms with Crippen LogP contribution in [0.1, 0.15) is 16.8 Å². The van der Waals surface area contributed by atoms with E-state index in [-0.39, 0.29) is 18.9 Å². The van der Waals surface area contributed by atoms with Crippen molar-refractivity contribution in [2.75, 3.05) is 31.8 Å². The molecule has 8 heteroatoms. The van der Waals surface area contributed by atoms with Gasteiger partial charge in [0.1, 0.15) is 0 Å². The highest BCUT2D eigenvalue weighted by Crippen LogP contribution is 2.32. The summed E-state index contributed by atoms with van der Waals surface area (Å²) in [4.78, 5) is 23.6. The molecule has 0 fully saturated rings. The van der Waals surface area contributed by atoms with Crippen molar-refractivity contribution in [2.45, 2.75) is 6.42 Å². The quantitative estimate of drug-likeness (QED) is 0.873. The second kappa shape index (κ2) is 5.82. The van der Waals surface area contributed by atoms with Crippen molar-refractivity contribution in [1.29, 1.82) is 0 Å². The number of fused-ring (bicyclic) bond motifs is 1. The molecule has 1 N–H and O–H groups in total. The zero-order chi connectivity index (χ0) is 15.6. The van der Waals surface area contributed by atoms with Gasteiger partial charge in [-0.05, 0) is 12.1 Å². The van der Waals surface area contributed by atoms with Gasteiger partial charge in [-0.15, -0.1) is 0 Å². The van der Waals surface area contributed by atoms with E-state index in [0.717, 1.165) is 10.6 Å². The molecule has 1 aliphatic heterocycles. The summed E-state index contributed by atoms with van der Waals surface area (Å²) in [6, 6.07) is 4.88. The van der Waals surface area contributed by atoms with Gasteiger partial charge < -0.3 is 10.1 Å². The summed E-state index contributed by atoms with van der Waals surface area (Å²) in [5.41, 5.74) is 0.794. The molecule has 0 unspecified atom stereocenters. The number of ether oxygens (including phenoxy) is 1. The van der Waals surface area contributed by atoms with Crippen molar-refractivity contribution in [3.05, 3.63) is 23.8 Å². The molecule has 0 saturated heterocycles. The maximum absolute atomic E-state index is 11.9. The van der Waals surface area contributed by atoms with Crippen LogP contribution in [0, 0.1) is 0 Å². The number of nitrogens with zero attached hydrogens (tertiary/aromatic N) is 1. The highest BCUT2D eigenvalue weighted by molar-refractivity contribution is 7.88. The van der Waals surface area contributed by atoms with Crippen LogP contribution in [0.2, 0.25) is 0 Å². The number of Topliss-reactive ketones (excluding diaryl/α,β-unsaturated/α-hetero) is 1. The number of nitrogens with one attached hydrogen (secondary N) is 1. The lowest BCUT2D eigenvalue weighted by atomic mass is 10.0. The molecule has 0 atom stereocenters. The van der Waals surface area contributed by atoms with Crippen molar-refractivity contribution in [3.8, 4) is 5.75 Å². The van der Waals surface area contributed by atoms with Gasteiger partial charge in [-0.25, -0.2) is 8.42 Å². The fourth-order valence-corrected chi connectivity index (χ4v) is 2.25. The average molecular weight is 312 g/mol. The first-order chi connectivity index (χ1) is 9.79. The highest BCUT2D eigenvalue weighted by Gasteiger charge is 2.22. The molecule has 0 radical (unpaired) electrons. The largest absolute Gasteiger partial charge is 0.490 e. The second-order valence-corrected chi connectivity index (χ2v) is 6.86. The Balaban J connectivity index is 2.16. The first kappa shape index (κ1) is 15.5. The zero-order valence-corrected chi connectivity index (χ0v) is 12.6. The Labute approximate surface area is 122 Å². The maximum atomic E-state index is 11.9. The minimum Gasteiger partial charge on any atom is -0.490 e. The number of likely N-dealkylation sites (N-methyl/N-ethyl adjacent to an activating group) is 1. The molecule has 0 aliphatic carbocycles. The number of hydrogen-bond donors (Lipinski definition) is 1. The lowest BCUT2D eigenvalue weighted by Crippen LogP contribution is -2.34. The third kappa shape index (κ3) is 3.59. The van der Waals surface area contributed by atoms with Crippen molar-refractivity contribution >= 4 is 27.4 Å². The van der Waals surface area contributed by atoms with Crippen LogP contribution in [0.5, 0.6) is 5.75 Å². The number of hydrogen-bond acceptors (Lipinski definition) is 5. The molecule has 21 heavy (non-hydrogen) atoms. The first-order valence-electron chi connectivity index (χ1n) is 6.29. The molecule has 114 valence electrons. The third-order valence-corrected chi connectivity index (χ3v) is 4.36. The summed E-state index contributed by atoms with van der Waals surface area (Å²) >= 11 is 0. The average Bonchev–Trinajstić information content (AvgIpc) is 2.38. The second-order valence-electron chi connectivity index (χ2n) is 4.77. The Morgan fingerprint density at radius 2 is 2.14 bits per heavy atom. The van der Waals surface area contributed by atoms with Gasteiger partial charge in [-0.2, -0.15) is 4.31 Å². The van der Waals surface area contributed by atoms with Crippen LogP contribution in [0.25, 0.3) is 0 Å². The number of ketones is 1. The predicted octanol–water partition coefficient (Wildman–Crippen LogP) is 0.482. The van der Waals surface area contributed by atoms with E-state index in [1.165, 1.54) is 7.05 Å². The van der Waals surface area contributed by atoms with Crippen LogP contribution in [0.4, 0.5) is 5.69 Å². The normalized spacial score (nSPS) is 14.5. The number of amides is 1. The Hall–Kier alpha value is -1.93. The summed E-state index contributed by atoms with van der Waals surface area (Å²) in [6.45, 7) is -0.0432. The van der Waals surface area contributed by atoms with E-state index in [1.54, 1.807) is 18.2 Å². The van der Waals surface area contributed by atoms with Gasteiger partial charge >= 0.3 is 0 Å². The molecule has 0 spiro atoms. The van der Waals surface area contributed by atoms with Crippen molar-refractivity contribution in [1.82, 2.24) is 4.31 Å². The summed E-state index contributed by atoms with van der Waals surface area (Å²) in [5, 5.41) is 2.57. The van der Waals surface area contributed by atoms with E-state index in [4.69, 9.17) is 4.74 Å². The minimum absolute atomic E-state index is 0.0411. The van der Waals surface area contributed by atoms with E-state index in [0.29, 0.717) is 23.4 Å². The van der Waals surface area contributed by atoms with E-state index in [9.17, 15) is 18.0 Å². The molecular weight excluding hydrogens is 296 g/mol. The highest BCUT2D eigenvalue weighted by atomic mass is 32.2. The molecule has 1 aromatic rings. The Kier molecular flexibility index (Phi) is 4.29. The molecule has 7 nitrogen and oxygen atoms in total. The Morgan fingerprint density at radius 1 is 1.43 bits per heavy atom. The van der Waals surface area contributed by atoms with Crippen LogP contribution in [-0.2, 0) is 14.8 Å². The van der Waals surface area contributed by atoms with Gasteiger partial charge in [0.25, 0.3) is 0 Å². The minimum atomic E-state index is -3.43. The van der Waals surface area contributed by atoms with Crippen LogP contribution >= 0.6 is 0 Å². The number of benzene rings is 1. The first-order valence-corrected chi connectivity index (χ1v) is 8.14. The fraction of sp³-hybridized carbons (Fsp3) is 0.385. The van der Waals surface area contributed by atoms with Crippen molar-refractivity contribution in [3.63, 3.8) is 0 Å². The maximum Gasteiger partial charge on any atom is 0.239 e. The van der Waals surface area contributed by atoms with E-state index in [2.05, 4.69) is 5.32 Å². The monoisotopic (exact) mass is 312 g/mol. The molecule has 1 aliphatic rings. The van der Waals surface area contributed by atoms with E-state index in [1.807, 2.05) is 0 Å². The number of rotatable bonds is 4. The number of sulfonamides is 1. The molecule has 1 amide bonds. The Morgan fingerprint density at radius 3 is 2.81 bits per heavy atom. The fourth-order valence-electron chi connectivity index (χ4n) is 1.90. The molecule has 0 saturated carbocycles. The molecule has 0 aromatic heterocycles. The van der Waals surface area contributed by atoms with Gasteiger partial charge in [0.2, 0.25) is 15.9 Å². The number of para-hydroxylation sites is 1. The topological polar surface area (TPSA) is 92.8 Å². The van der Waals surface area contributed by atoms with Gasteiger partial charge in [-0.1, -0.05) is 6.07 Å². The van der Waals surface area contributed by atoms with Crippen LogP contribution < -0.4 is 10.1 Å². The predicted molar refractivity (Wildman–Crippen MR) is 77.0 cm³/mol.